The number of halogens is 1. The Kier molecular flexibility index (Phi) is 4.69. The SMILES string of the molecule is CCC1CCN(c2c(F)c(C)c3c(=O)[nH]c(=O)n(C4CC4)c3c2OC)CC1N. The summed E-state index contributed by atoms with van der Waals surface area (Å²) in [5.41, 5.74) is 6.19. The van der Waals surface area contributed by atoms with Gasteiger partial charge in [-0.05, 0) is 32.1 Å². The third kappa shape index (κ3) is 2.82. The second-order valence-electron chi connectivity index (χ2n) is 7.97. The summed E-state index contributed by atoms with van der Waals surface area (Å²) in [7, 11) is 1.45. The van der Waals surface area contributed by atoms with Gasteiger partial charge >= 0.3 is 5.69 Å². The van der Waals surface area contributed by atoms with Crippen molar-refractivity contribution in [3.63, 3.8) is 0 Å². The van der Waals surface area contributed by atoms with Gasteiger partial charge in [0.05, 0.1) is 12.5 Å². The Labute approximate surface area is 162 Å². The minimum absolute atomic E-state index is 0.00606. The van der Waals surface area contributed by atoms with Crippen LogP contribution in [0.25, 0.3) is 10.9 Å². The first-order valence-corrected chi connectivity index (χ1v) is 9.94. The Balaban J connectivity index is 2.00. The van der Waals surface area contributed by atoms with Gasteiger partial charge in [-0.15, -0.1) is 0 Å². The lowest BCUT2D eigenvalue weighted by atomic mass is 9.89. The molecule has 4 rings (SSSR count). The molecule has 1 aromatic heterocycles. The Morgan fingerprint density at radius 3 is 2.57 bits per heavy atom. The maximum Gasteiger partial charge on any atom is 0.329 e. The number of nitrogens with one attached hydrogen (secondary N) is 1. The molecule has 1 aromatic carbocycles. The fraction of sp³-hybridized carbons (Fsp3) is 0.600. The monoisotopic (exact) mass is 390 g/mol. The van der Waals surface area contributed by atoms with Crippen molar-refractivity contribution in [2.45, 2.75) is 51.6 Å². The number of piperidine rings is 1. The predicted molar refractivity (Wildman–Crippen MR) is 107 cm³/mol. The molecule has 152 valence electrons. The van der Waals surface area contributed by atoms with Crippen molar-refractivity contribution < 1.29 is 9.13 Å². The van der Waals surface area contributed by atoms with Crippen LogP contribution < -0.4 is 26.6 Å². The van der Waals surface area contributed by atoms with E-state index in [0.29, 0.717) is 30.2 Å². The molecule has 28 heavy (non-hydrogen) atoms. The van der Waals surface area contributed by atoms with E-state index in [1.807, 2.05) is 4.90 Å². The lowest BCUT2D eigenvalue weighted by Gasteiger charge is -2.38. The average molecular weight is 390 g/mol. The molecule has 0 radical (unpaired) electrons. The number of anilines is 1. The van der Waals surface area contributed by atoms with Crippen LogP contribution in [-0.4, -0.2) is 35.8 Å². The molecule has 8 heteroatoms. The number of aromatic nitrogens is 2. The number of hydrogen-bond acceptors (Lipinski definition) is 5. The third-order valence-corrected chi connectivity index (χ3v) is 6.25. The van der Waals surface area contributed by atoms with Gasteiger partial charge in [0.15, 0.2) is 11.6 Å². The highest BCUT2D eigenvalue weighted by atomic mass is 19.1. The van der Waals surface area contributed by atoms with Crippen molar-refractivity contribution >= 4 is 16.6 Å². The highest BCUT2D eigenvalue weighted by molar-refractivity contribution is 5.93. The molecule has 0 bridgehead atoms. The van der Waals surface area contributed by atoms with E-state index < -0.39 is 17.1 Å². The molecule has 1 saturated carbocycles. The van der Waals surface area contributed by atoms with E-state index in [4.69, 9.17) is 10.5 Å². The van der Waals surface area contributed by atoms with E-state index in [2.05, 4.69) is 11.9 Å². The minimum atomic E-state index is -0.584. The summed E-state index contributed by atoms with van der Waals surface area (Å²) in [6, 6.07) is -0.0600. The number of H-pyrrole nitrogens is 1. The van der Waals surface area contributed by atoms with Gasteiger partial charge in [-0.1, -0.05) is 13.3 Å². The lowest BCUT2D eigenvalue weighted by Crippen LogP contribution is -2.48. The van der Waals surface area contributed by atoms with E-state index >= 15 is 4.39 Å². The van der Waals surface area contributed by atoms with E-state index in [1.165, 1.54) is 7.11 Å². The highest BCUT2D eigenvalue weighted by Crippen LogP contribution is 2.44. The van der Waals surface area contributed by atoms with Gasteiger partial charge in [0.2, 0.25) is 0 Å². The maximum absolute atomic E-state index is 15.5. The molecule has 1 aliphatic heterocycles. The Morgan fingerprint density at radius 2 is 2.00 bits per heavy atom. The highest BCUT2D eigenvalue weighted by Gasteiger charge is 2.34. The van der Waals surface area contributed by atoms with Gasteiger partial charge < -0.3 is 15.4 Å². The minimum Gasteiger partial charge on any atom is -0.492 e. The summed E-state index contributed by atoms with van der Waals surface area (Å²) < 4.78 is 22.7. The molecular formula is C20H27FN4O3. The zero-order chi connectivity index (χ0) is 20.2. The quantitative estimate of drug-likeness (QED) is 0.833. The summed E-state index contributed by atoms with van der Waals surface area (Å²) in [5, 5.41) is 0.178. The van der Waals surface area contributed by atoms with Gasteiger partial charge in [0.1, 0.15) is 11.2 Å². The number of ether oxygens (including phenoxy) is 1. The van der Waals surface area contributed by atoms with Crippen LogP contribution in [0, 0.1) is 18.7 Å². The molecule has 7 nitrogen and oxygen atoms in total. The van der Waals surface area contributed by atoms with Gasteiger partial charge in [0.25, 0.3) is 5.56 Å². The molecule has 2 atom stereocenters. The Hall–Kier alpha value is -2.35. The number of aromatic amines is 1. The second-order valence-corrected chi connectivity index (χ2v) is 7.97. The fourth-order valence-electron chi connectivity index (χ4n) is 4.52. The normalized spacial score (nSPS) is 22.7. The van der Waals surface area contributed by atoms with Crippen molar-refractivity contribution in [3.8, 4) is 5.75 Å². The summed E-state index contributed by atoms with van der Waals surface area (Å²) in [4.78, 5) is 29.3. The molecule has 2 unspecified atom stereocenters. The van der Waals surface area contributed by atoms with Crippen molar-refractivity contribution in [1.29, 1.82) is 0 Å². The largest absolute Gasteiger partial charge is 0.492 e. The van der Waals surface area contributed by atoms with Crippen molar-refractivity contribution in [2.75, 3.05) is 25.1 Å². The molecular weight excluding hydrogens is 363 g/mol. The van der Waals surface area contributed by atoms with E-state index in [9.17, 15) is 9.59 Å². The summed E-state index contributed by atoms with van der Waals surface area (Å²) in [5.74, 6) is 0.160. The zero-order valence-electron chi connectivity index (χ0n) is 16.5. The van der Waals surface area contributed by atoms with Crippen LogP contribution in [0.1, 0.15) is 44.2 Å². The number of benzene rings is 1. The number of nitrogens with two attached hydrogens (primary N) is 1. The first-order chi connectivity index (χ1) is 13.4. The van der Waals surface area contributed by atoms with Crippen molar-refractivity contribution in [1.82, 2.24) is 9.55 Å². The zero-order valence-corrected chi connectivity index (χ0v) is 16.5. The topological polar surface area (TPSA) is 93.3 Å². The van der Waals surface area contributed by atoms with E-state index in [-0.39, 0.29) is 28.8 Å². The van der Waals surface area contributed by atoms with Crippen molar-refractivity contribution in [2.24, 2.45) is 11.7 Å². The van der Waals surface area contributed by atoms with Crippen LogP contribution in [0.15, 0.2) is 9.59 Å². The van der Waals surface area contributed by atoms with Crippen LogP contribution >= 0.6 is 0 Å². The third-order valence-electron chi connectivity index (χ3n) is 6.25. The fourth-order valence-corrected chi connectivity index (χ4v) is 4.52. The number of methoxy groups -OCH3 is 1. The van der Waals surface area contributed by atoms with E-state index in [0.717, 1.165) is 25.7 Å². The Bertz CT molecular complexity index is 1040. The molecule has 0 amide bonds. The number of hydrogen-bond donors (Lipinski definition) is 2. The van der Waals surface area contributed by atoms with Crippen molar-refractivity contribution in [3.05, 3.63) is 32.2 Å². The number of fused-ring (bicyclic) bond motifs is 1. The maximum atomic E-state index is 15.5. The van der Waals surface area contributed by atoms with Gasteiger partial charge in [0, 0.05) is 30.7 Å². The van der Waals surface area contributed by atoms with Gasteiger partial charge in [-0.25, -0.2) is 9.18 Å². The van der Waals surface area contributed by atoms with Crippen LogP contribution in [0.5, 0.6) is 5.75 Å². The molecule has 2 aliphatic rings. The molecule has 2 aromatic rings. The predicted octanol–water partition coefficient (Wildman–Crippen LogP) is 2.04. The van der Waals surface area contributed by atoms with Crippen LogP contribution in [0.4, 0.5) is 10.1 Å². The molecule has 1 saturated heterocycles. The van der Waals surface area contributed by atoms with E-state index in [1.54, 1.807) is 11.5 Å². The number of rotatable bonds is 4. The molecule has 2 fully saturated rings. The molecule has 2 heterocycles. The van der Waals surface area contributed by atoms with Gasteiger partial charge in [-0.3, -0.25) is 14.3 Å². The lowest BCUT2D eigenvalue weighted by molar-refractivity contribution is 0.337. The molecule has 3 N–H and O–H groups in total. The smallest absolute Gasteiger partial charge is 0.329 e. The standard InChI is InChI=1S/C20H27FN4O3/c1-4-11-7-8-24(9-13(11)22)17-15(21)10(2)14-16(18(17)28-3)25(12-5-6-12)20(27)23-19(14)26/h11-13H,4-9,22H2,1-3H3,(H,23,26,27). The Morgan fingerprint density at radius 1 is 1.29 bits per heavy atom. The number of nitrogens with zero attached hydrogens (tertiary/aromatic N) is 2. The van der Waals surface area contributed by atoms with Crippen LogP contribution in [0.3, 0.4) is 0 Å². The summed E-state index contributed by atoms with van der Waals surface area (Å²) >= 11 is 0. The first-order valence-electron chi connectivity index (χ1n) is 9.94. The van der Waals surface area contributed by atoms with Crippen LogP contribution in [-0.2, 0) is 0 Å². The number of aryl methyl sites for hydroxylation is 1. The summed E-state index contributed by atoms with van der Waals surface area (Å²) in [6.45, 7) is 4.85. The van der Waals surface area contributed by atoms with Crippen LogP contribution in [0.2, 0.25) is 0 Å². The average Bonchev–Trinajstić information content (AvgIpc) is 3.48. The molecule has 1 aliphatic carbocycles. The first kappa shape index (κ1) is 19.0. The second kappa shape index (κ2) is 6.92. The molecule has 0 spiro atoms. The van der Waals surface area contributed by atoms with Gasteiger partial charge in [-0.2, -0.15) is 0 Å². The summed E-state index contributed by atoms with van der Waals surface area (Å²) in [6.07, 6.45) is 3.55.